The van der Waals surface area contributed by atoms with Crippen LogP contribution in [0.5, 0.6) is 0 Å². The van der Waals surface area contributed by atoms with Crippen molar-refractivity contribution in [1.29, 1.82) is 0 Å². The van der Waals surface area contributed by atoms with Crippen LogP contribution in [0, 0.1) is 13.8 Å². The van der Waals surface area contributed by atoms with Crippen LogP contribution in [0.4, 0.5) is 17.6 Å². The van der Waals surface area contributed by atoms with Crippen LogP contribution >= 0.6 is 12.2 Å². The fraction of sp³-hybridized carbons (Fsp3) is 0.273. The lowest BCUT2D eigenvalue weighted by atomic mass is 10.3. The molecule has 0 aliphatic carbocycles. The number of anilines is 3. The monoisotopic (exact) mass is 447 g/mol. The Kier molecular flexibility index (Phi) is 6.81. The van der Waals surface area contributed by atoms with Crippen LogP contribution < -0.4 is 15.5 Å². The highest BCUT2D eigenvalue weighted by Crippen LogP contribution is 2.13. The molecule has 0 atom stereocenters. The summed E-state index contributed by atoms with van der Waals surface area (Å²) in [4.78, 5) is 26.7. The van der Waals surface area contributed by atoms with Crippen LogP contribution in [-0.4, -0.2) is 62.1 Å². The van der Waals surface area contributed by atoms with Crippen molar-refractivity contribution in [2.45, 2.75) is 13.8 Å². The fourth-order valence-electron chi connectivity index (χ4n) is 3.40. The van der Waals surface area contributed by atoms with Crippen molar-refractivity contribution < 1.29 is 0 Å². The van der Waals surface area contributed by atoms with Gasteiger partial charge in [-0.25, -0.2) is 19.9 Å². The highest BCUT2D eigenvalue weighted by molar-refractivity contribution is 7.80. The average Bonchev–Trinajstić information content (AvgIpc) is 2.79. The summed E-state index contributed by atoms with van der Waals surface area (Å²) < 4.78 is 0. The second kappa shape index (κ2) is 10.1. The number of hydrogen-bond acceptors (Lipinski definition) is 6. The van der Waals surface area contributed by atoms with Gasteiger partial charge in [-0.1, -0.05) is 18.2 Å². The number of piperazine rings is 1. The largest absolute Gasteiger partial charge is 0.339 e. The molecule has 32 heavy (non-hydrogen) atoms. The Morgan fingerprint density at radius 2 is 1.56 bits per heavy atom. The van der Waals surface area contributed by atoms with E-state index in [4.69, 9.17) is 12.2 Å². The van der Waals surface area contributed by atoms with E-state index >= 15 is 0 Å². The average molecular weight is 448 g/mol. The zero-order chi connectivity index (χ0) is 22.3. The number of nitrogens with zero attached hydrogens (tertiary/aromatic N) is 7. The third kappa shape index (κ3) is 5.73. The molecule has 0 saturated carbocycles. The van der Waals surface area contributed by atoms with Crippen molar-refractivity contribution in [3.63, 3.8) is 0 Å². The standard InChI is InChI=1S/C22H25N9S/c1-16-15-17(2)26-19(25-16)28-21(29-22(32)27-18-7-4-3-5-8-18)31-13-11-30(12-14-31)20-23-9-6-10-24-20/h3-10,15H,11-14H2,1-2H3,(H2,25,26,27,28,29,32). The predicted molar refractivity (Wildman–Crippen MR) is 131 cm³/mol. The van der Waals surface area contributed by atoms with E-state index in [2.05, 4.69) is 45.4 Å². The van der Waals surface area contributed by atoms with Gasteiger partial charge >= 0.3 is 0 Å². The van der Waals surface area contributed by atoms with Gasteiger partial charge in [0.25, 0.3) is 0 Å². The first kappa shape index (κ1) is 21.6. The first-order valence-corrected chi connectivity index (χ1v) is 10.8. The molecule has 3 heterocycles. The Morgan fingerprint density at radius 3 is 2.22 bits per heavy atom. The Morgan fingerprint density at radius 1 is 0.906 bits per heavy atom. The van der Waals surface area contributed by atoms with Crippen molar-refractivity contribution in [2.75, 3.05) is 41.7 Å². The van der Waals surface area contributed by atoms with Crippen molar-refractivity contribution in [1.82, 2.24) is 24.8 Å². The molecule has 9 nitrogen and oxygen atoms in total. The Labute approximate surface area is 192 Å². The fourth-order valence-corrected chi connectivity index (χ4v) is 3.61. The van der Waals surface area contributed by atoms with Gasteiger partial charge in [0, 0.05) is 55.6 Å². The molecule has 10 heteroatoms. The van der Waals surface area contributed by atoms with Crippen molar-refractivity contribution in [2.24, 2.45) is 4.99 Å². The van der Waals surface area contributed by atoms with Gasteiger partial charge in [0.15, 0.2) is 0 Å². The van der Waals surface area contributed by atoms with Crippen LogP contribution in [0.2, 0.25) is 0 Å². The Balaban J connectivity index is 1.52. The summed E-state index contributed by atoms with van der Waals surface area (Å²) in [6, 6.07) is 13.5. The molecule has 1 fully saturated rings. The summed E-state index contributed by atoms with van der Waals surface area (Å²) in [6.07, 6.45) is 3.52. The van der Waals surface area contributed by atoms with Crippen LogP contribution in [0.3, 0.4) is 0 Å². The summed E-state index contributed by atoms with van der Waals surface area (Å²) >= 11 is 5.51. The van der Waals surface area contributed by atoms with Crippen LogP contribution in [0.1, 0.15) is 11.4 Å². The molecule has 2 aromatic heterocycles. The summed E-state index contributed by atoms with van der Waals surface area (Å²) in [5, 5.41) is 6.80. The molecule has 0 bridgehead atoms. The van der Waals surface area contributed by atoms with E-state index in [9.17, 15) is 0 Å². The van der Waals surface area contributed by atoms with E-state index in [1.807, 2.05) is 56.3 Å². The molecule has 3 aromatic rings. The van der Waals surface area contributed by atoms with E-state index in [1.54, 1.807) is 12.4 Å². The molecule has 0 unspecified atom stereocenters. The summed E-state index contributed by atoms with van der Waals surface area (Å²) in [7, 11) is 0. The van der Waals surface area contributed by atoms with Gasteiger partial charge in [0.2, 0.25) is 23.0 Å². The molecule has 1 saturated heterocycles. The van der Waals surface area contributed by atoms with Crippen LogP contribution in [0.25, 0.3) is 0 Å². The lowest BCUT2D eigenvalue weighted by Gasteiger charge is -2.36. The maximum Gasteiger partial charge on any atom is 0.229 e. The van der Waals surface area contributed by atoms with E-state index in [0.29, 0.717) is 17.0 Å². The molecule has 4 rings (SSSR count). The number of benzene rings is 1. The maximum absolute atomic E-state index is 5.51. The van der Waals surface area contributed by atoms with Gasteiger partial charge in [0.1, 0.15) is 0 Å². The van der Waals surface area contributed by atoms with E-state index < -0.39 is 0 Å². The third-order valence-electron chi connectivity index (χ3n) is 4.85. The van der Waals surface area contributed by atoms with E-state index in [-0.39, 0.29) is 0 Å². The topological polar surface area (TPSA) is 94.5 Å². The van der Waals surface area contributed by atoms with E-state index in [1.165, 1.54) is 0 Å². The summed E-state index contributed by atoms with van der Waals surface area (Å²) in [5.74, 6) is 1.84. The molecule has 0 spiro atoms. The number of hydrogen-bond donors (Lipinski definition) is 2. The molecule has 1 aromatic carbocycles. The number of aromatic nitrogens is 4. The molecular weight excluding hydrogens is 422 g/mol. The highest BCUT2D eigenvalue weighted by Gasteiger charge is 2.22. The van der Waals surface area contributed by atoms with Gasteiger partial charge in [-0.2, -0.15) is 4.99 Å². The number of para-hydroxylation sites is 1. The first-order chi connectivity index (χ1) is 15.6. The molecule has 2 N–H and O–H groups in total. The maximum atomic E-state index is 5.51. The first-order valence-electron chi connectivity index (χ1n) is 10.4. The molecule has 164 valence electrons. The number of guanidine groups is 1. The van der Waals surface area contributed by atoms with Gasteiger partial charge in [0.05, 0.1) is 0 Å². The smallest absolute Gasteiger partial charge is 0.229 e. The van der Waals surface area contributed by atoms with Gasteiger partial charge in [-0.15, -0.1) is 0 Å². The lowest BCUT2D eigenvalue weighted by molar-refractivity contribution is 0.382. The second-order valence-electron chi connectivity index (χ2n) is 7.35. The van der Waals surface area contributed by atoms with Crippen molar-refractivity contribution in [3.8, 4) is 0 Å². The molecule has 1 aliphatic rings. The molecular formula is C22H25N9S. The number of thiocarbonyl (C=S) groups is 1. The van der Waals surface area contributed by atoms with E-state index in [0.717, 1.165) is 49.2 Å². The quantitative estimate of drug-likeness (QED) is 0.357. The van der Waals surface area contributed by atoms with Crippen LogP contribution in [-0.2, 0) is 0 Å². The SMILES string of the molecule is Cc1cc(C)nc(N/C(=N/C(=S)Nc2ccccc2)N2CCN(c3ncccn3)CC2)n1. The number of aryl methyl sites for hydroxylation is 2. The van der Waals surface area contributed by atoms with Gasteiger partial charge in [-0.05, 0) is 50.3 Å². The van der Waals surface area contributed by atoms with Crippen molar-refractivity contribution >= 4 is 40.9 Å². The summed E-state index contributed by atoms with van der Waals surface area (Å²) in [6.45, 7) is 6.86. The predicted octanol–water partition coefficient (Wildman–Crippen LogP) is 2.87. The Hall–Kier alpha value is -3.66. The normalized spacial score (nSPS) is 14.2. The third-order valence-corrected chi connectivity index (χ3v) is 5.05. The zero-order valence-electron chi connectivity index (χ0n) is 18.1. The van der Waals surface area contributed by atoms with Gasteiger partial charge < -0.3 is 15.1 Å². The lowest BCUT2D eigenvalue weighted by Crippen LogP contribution is -2.51. The highest BCUT2D eigenvalue weighted by atomic mass is 32.1. The minimum Gasteiger partial charge on any atom is -0.339 e. The molecule has 1 aliphatic heterocycles. The number of nitrogens with one attached hydrogen (secondary N) is 2. The van der Waals surface area contributed by atoms with Crippen LogP contribution in [0.15, 0.2) is 59.9 Å². The van der Waals surface area contributed by atoms with Gasteiger partial charge in [-0.3, -0.25) is 5.32 Å². The van der Waals surface area contributed by atoms with Crippen molar-refractivity contribution in [3.05, 3.63) is 66.2 Å². The summed E-state index contributed by atoms with van der Waals surface area (Å²) in [5.41, 5.74) is 2.65. The Bertz CT molecular complexity index is 1060. The number of aliphatic imine (C=N–C) groups is 1. The molecule has 0 amide bonds. The number of rotatable bonds is 3. The second-order valence-corrected chi connectivity index (χ2v) is 7.74. The minimum absolute atomic E-state index is 0.358. The minimum atomic E-state index is 0.358. The molecule has 0 radical (unpaired) electrons. The zero-order valence-corrected chi connectivity index (χ0v) is 18.9.